The van der Waals surface area contributed by atoms with Crippen molar-refractivity contribution >= 4 is 5.95 Å². The minimum atomic E-state index is 0.565. The van der Waals surface area contributed by atoms with E-state index in [1.54, 1.807) is 7.11 Å². The van der Waals surface area contributed by atoms with Gasteiger partial charge in [0.15, 0.2) is 0 Å². The molecule has 0 atom stereocenters. The molecule has 0 radical (unpaired) electrons. The van der Waals surface area contributed by atoms with Crippen LogP contribution in [0, 0.1) is 6.92 Å². The first-order valence-electron chi connectivity index (χ1n) is 7.98. The number of nitrogens with one attached hydrogen (secondary N) is 1. The van der Waals surface area contributed by atoms with Gasteiger partial charge in [-0.3, -0.25) is 4.90 Å². The van der Waals surface area contributed by atoms with Gasteiger partial charge in [0.1, 0.15) is 0 Å². The second-order valence-corrected chi connectivity index (χ2v) is 6.10. The molecule has 0 aliphatic heterocycles. The van der Waals surface area contributed by atoms with Gasteiger partial charge in [-0.05, 0) is 41.0 Å². The highest BCUT2D eigenvalue weighted by atomic mass is 16.5. The predicted molar refractivity (Wildman–Crippen MR) is 88.9 cm³/mol. The van der Waals surface area contributed by atoms with Crippen molar-refractivity contribution in [2.24, 2.45) is 0 Å². The van der Waals surface area contributed by atoms with Crippen molar-refractivity contribution < 1.29 is 4.74 Å². The summed E-state index contributed by atoms with van der Waals surface area (Å²) in [6.45, 7) is 14.7. The monoisotopic (exact) mass is 296 g/mol. The first-order valence-corrected chi connectivity index (χ1v) is 7.98. The highest BCUT2D eigenvalue weighted by Gasteiger charge is 2.13. The molecule has 1 heterocycles. The maximum atomic E-state index is 5.11. The summed E-state index contributed by atoms with van der Waals surface area (Å²) in [5.41, 5.74) is 1.06. The number of aromatic nitrogens is 2. The normalized spacial score (nSPS) is 11.9. The topological polar surface area (TPSA) is 42.3 Å². The van der Waals surface area contributed by atoms with Crippen LogP contribution in [0.25, 0.3) is 0 Å². The molecule has 0 unspecified atom stereocenters. The zero-order valence-electron chi connectivity index (χ0n) is 14.5. The van der Waals surface area contributed by atoms with Crippen molar-refractivity contribution in [1.29, 1.82) is 0 Å². The summed E-state index contributed by atoms with van der Waals surface area (Å²) in [5.74, 6) is 0.969. The average Bonchev–Trinajstić information content (AvgIpc) is 2.74. The summed E-state index contributed by atoms with van der Waals surface area (Å²) in [7, 11) is 1.74. The third-order valence-electron chi connectivity index (χ3n) is 3.62. The molecule has 0 bridgehead atoms. The van der Waals surface area contributed by atoms with Gasteiger partial charge >= 0.3 is 0 Å². The summed E-state index contributed by atoms with van der Waals surface area (Å²) >= 11 is 0. The Morgan fingerprint density at radius 3 is 2.52 bits per heavy atom. The first kappa shape index (κ1) is 18.0. The summed E-state index contributed by atoms with van der Waals surface area (Å²) in [6.07, 6.45) is 3.10. The molecule has 1 aromatic heterocycles. The molecule has 0 aliphatic carbocycles. The number of rotatable bonds is 10. The van der Waals surface area contributed by atoms with Crippen LogP contribution in [-0.4, -0.2) is 53.3 Å². The largest absolute Gasteiger partial charge is 0.385 e. The lowest BCUT2D eigenvalue weighted by Crippen LogP contribution is -2.40. The van der Waals surface area contributed by atoms with Crippen molar-refractivity contribution in [3.05, 3.63) is 11.9 Å². The van der Waals surface area contributed by atoms with Crippen LogP contribution >= 0.6 is 0 Å². The second kappa shape index (κ2) is 9.05. The minimum Gasteiger partial charge on any atom is -0.385 e. The highest BCUT2D eigenvalue weighted by molar-refractivity contribution is 5.28. The molecule has 1 rings (SSSR count). The smallest absolute Gasteiger partial charge is 0.203 e. The second-order valence-electron chi connectivity index (χ2n) is 6.10. The molecule has 0 aliphatic rings. The van der Waals surface area contributed by atoms with Gasteiger partial charge in [0.25, 0.3) is 0 Å². The Morgan fingerprint density at radius 2 is 1.95 bits per heavy atom. The lowest BCUT2D eigenvalue weighted by Gasteiger charge is -2.30. The molecule has 122 valence electrons. The van der Waals surface area contributed by atoms with Gasteiger partial charge in [-0.2, -0.15) is 0 Å². The van der Waals surface area contributed by atoms with Gasteiger partial charge < -0.3 is 14.6 Å². The Morgan fingerprint density at radius 1 is 1.29 bits per heavy atom. The van der Waals surface area contributed by atoms with Crippen LogP contribution in [-0.2, 0) is 11.3 Å². The molecule has 0 saturated carbocycles. The predicted octanol–water partition coefficient (Wildman–Crippen LogP) is 2.76. The van der Waals surface area contributed by atoms with Gasteiger partial charge in [0, 0.05) is 51.6 Å². The van der Waals surface area contributed by atoms with Gasteiger partial charge in [0.2, 0.25) is 5.95 Å². The van der Waals surface area contributed by atoms with Crippen molar-refractivity contribution in [2.75, 3.05) is 32.1 Å². The van der Waals surface area contributed by atoms with E-state index in [1.165, 1.54) is 0 Å². The molecule has 0 spiro atoms. The third-order valence-corrected chi connectivity index (χ3v) is 3.62. The standard InChI is InChI=1S/C16H32N4O/c1-13(2)20(14(3)4)10-8-17-16-18-15(5)12-19(16)9-7-11-21-6/h12-14H,7-11H2,1-6H3,(H,17,18). The fourth-order valence-electron chi connectivity index (χ4n) is 2.65. The molecule has 5 nitrogen and oxygen atoms in total. The number of ether oxygens (including phenoxy) is 1. The van der Waals surface area contributed by atoms with Crippen LogP contribution in [0.1, 0.15) is 39.8 Å². The van der Waals surface area contributed by atoms with Crippen LogP contribution in [0.3, 0.4) is 0 Å². The number of anilines is 1. The number of methoxy groups -OCH3 is 1. The van der Waals surface area contributed by atoms with Crippen LogP contribution < -0.4 is 5.32 Å². The van der Waals surface area contributed by atoms with Crippen molar-refractivity contribution in [3.63, 3.8) is 0 Å². The SMILES string of the molecule is COCCCn1cc(C)nc1NCCN(C(C)C)C(C)C. The maximum Gasteiger partial charge on any atom is 0.203 e. The zero-order chi connectivity index (χ0) is 15.8. The first-order chi connectivity index (χ1) is 9.95. The van der Waals surface area contributed by atoms with Crippen molar-refractivity contribution in [2.45, 2.75) is 59.7 Å². The lowest BCUT2D eigenvalue weighted by molar-refractivity contribution is 0.182. The molecular formula is C16H32N4O. The van der Waals surface area contributed by atoms with Gasteiger partial charge in [-0.15, -0.1) is 0 Å². The van der Waals surface area contributed by atoms with Gasteiger partial charge in [-0.25, -0.2) is 4.98 Å². The Balaban J connectivity index is 2.50. The third kappa shape index (κ3) is 6.06. The van der Waals surface area contributed by atoms with E-state index in [-0.39, 0.29) is 0 Å². The van der Waals surface area contributed by atoms with Crippen LogP contribution in [0.15, 0.2) is 6.20 Å². The summed E-state index contributed by atoms with van der Waals surface area (Å²) < 4.78 is 7.30. The number of hydrogen-bond acceptors (Lipinski definition) is 4. The number of hydrogen-bond donors (Lipinski definition) is 1. The lowest BCUT2D eigenvalue weighted by atomic mass is 10.2. The van der Waals surface area contributed by atoms with E-state index in [2.05, 4.69) is 53.7 Å². The van der Waals surface area contributed by atoms with Crippen LogP contribution in [0.4, 0.5) is 5.95 Å². The Kier molecular flexibility index (Phi) is 7.75. The minimum absolute atomic E-state index is 0.565. The molecule has 0 saturated heterocycles. The zero-order valence-corrected chi connectivity index (χ0v) is 14.5. The molecule has 21 heavy (non-hydrogen) atoms. The van der Waals surface area contributed by atoms with E-state index >= 15 is 0 Å². The van der Waals surface area contributed by atoms with Crippen LogP contribution in [0.2, 0.25) is 0 Å². The fourth-order valence-corrected chi connectivity index (χ4v) is 2.65. The molecular weight excluding hydrogens is 264 g/mol. The summed E-state index contributed by atoms with van der Waals surface area (Å²) in [4.78, 5) is 7.05. The van der Waals surface area contributed by atoms with E-state index in [0.717, 1.165) is 44.3 Å². The van der Waals surface area contributed by atoms with E-state index in [4.69, 9.17) is 4.74 Å². The summed E-state index contributed by atoms with van der Waals surface area (Å²) in [6, 6.07) is 1.13. The fraction of sp³-hybridized carbons (Fsp3) is 0.812. The van der Waals surface area contributed by atoms with Gasteiger partial charge in [-0.1, -0.05) is 0 Å². The highest BCUT2D eigenvalue weighted by Crippen LogP contribution is 2.10. The molecule has 5 heteroatoms. The molecule has 1 N–H and O–H groups in total. The number of nitrogens with zero attached hydrogens (tertiary/aromatic N) is 3. The molecule has 0 fully saturated rings. The average molecular weight is 296 g/mol. The van der Waals surface area contributed by atoms with Crippen molar-refractivity contribution in [1.82, 2.24) is 14.5 Å². The Labute approximate surface area is 129 Å². The van der Waals surface area contributed by atoms with Crippen molar-refractivity contribution in [3.8, 4) is 0 Å². The number of imidazole rings is 1. The Bertz CT molecular complexity index is 393. The van der Waals surface area contributed by atoms with E-state index in [1.807, 2.05) is 6.92 Å². The van der Waals surface area contributed by atoms with E-state index in [9.17, 15) is 0 Å². The quantitative estimate of drug-likeness (QED) is 0.674. The number of aryl methyl sites for hydroxylation is 2. The van der Waals surface area contributed by atoms with Crippen LogP contribution in [0.5, 0.6) is 0 Å². The summed E-state index contributed by atoms with van der Waals surface area (Å²) in [5, 5.41) is 3.47. The maximum absolute atomic E-state index is 5.11. The van der Waals surface area contributed by atoms with E-state index < -0.39 is 0 Å². The molecule has 0 aromatic carbocycles. The van der Waals surface area contributed by atoms with E-state index in [0.29, 0.717) is 12.1 Å². The Hall–Kier alpha value is -1.07. The molecule has 0 amide bonds. The van der Waals surface area contributed by atoms with Gasteiger partial charge in [0.05, 0.1) is 5.69 Å². The molecule has 1 aromatic rings.